The molecule has 2 aromatic rings. The van der Waals surface area contributed by atoms with Crippen LogP contribution in [-0.2, 0) is 16.6 Å². The second-order valence-corrected chi connectivity index (χ2v) is 6.35. The monoisotopic (exact) mass is 348 g/mol. The molecule has 5 nitrogen and oxygen atoms in total. The predicted molar refractivity (Wildman–Crippen MR) is 71.2 cm³/mol. The van der Waals surface area contributed by atoms with Crippen molar-refractivity contribution in [2.45, 2.75) is 11.4 Å². The van der Waals surface area contributed by atoms with Crippen molar-refractivity contribution in [3.8, 4) is 0 Å². The molecular weight excluding hydrogens is 339 g/mol. The van der Waals surface area contributed by atoms with Gasteiger partial charge in [0.05, 0.1) is 23.1 Å². The molecule has 2 rings (SSSR count). The van der Waals surface area contributed by atoms with Crippen molar-refractivity contribution in [3.63, 3.8) is 0 Å². The van der Waals surface area contributed by atoms with E-state index in [2.05, 4.69) is 20.7 Å². The predicted octanol–water partition coefficient (Wildman–Crippen LogP) is 2.24. The average Bonchev–Trinajstić information content (AvgIpc) is 2.84. The summed E-state index contributed by atoms with van der Waals surface area (Å²) < 4.78 is 44.6. The Morgan fingerprint density at radius 2 is 2.16 bits per heavy atom. The molecule has 8 heteroatoms. The van der Waals surface area contributed by atoms with Crippen molar-refractivity contribution in [3.05, 3.63) is 46.6 Å². The van der Waals surface area contributed by atoms with Gasteiger partial charge in [0.25, 0.3) is 0 Å². The molecule has 102 valence electrons. The van der Waals surface area contributed by atoms with Gasteiger partial charge >= 0.3 is 0 Å². The Morgan fingerprint density at radius 3 is 2.79 bits per heavy atom. The lowest BCUT2D eigenvalue weighted by Crippen LogP contribution is -2.23. The lowest BCUT2D eigenvalue weighted by molar-refractivity contribution is 0.561. The zero-order chi connectivity index (χ0) is 14.0. The van der Waals surface area contributed by atoms with E-state index in [9.17, 15) is 12.8 Å². The first-order valence-corrected chi connectivity index (χ1v) is 7.43. The Bertz CT molecular complexity index is 686. The number of hydrogen-bond donors (Lipinski definition) is 2. The molecule has 0 radical (unpaired) electrons. The van der Waals surface area contributed by atoms with Crippen molar-refractivity contribution in [1.29, 1.82) is 0 Å². The summed E-state index contributed by atoms with van der Waals surface area (Å²) in [6.07, 6.45) is 2.87. The Labute approximate surface area is 117 Å². The maximum absolute atomic E-state index is 13.2. The van der Waals surface area contributed by atoms with Gasteiger partial charge in [-0.25, -0.2) is 17.5 Å². The summed E-state index contributed by atoms with van der Waals surface area (Å²) in [5, 5.41) is 0. The van der Waals surface area contributed by atoms with E-state index < -0.39 is 15.8 Å². The SMILES string of the molecule is Nc1cc(S(=O)(=O)NCc2ccoc2)c(Br)cc1F. The number of nitrogens with one attached hydrogen (secondary N) is 1. The highest BCUT2D eigenvalue weighted by molar-refractivity contribution is 9.10. The van der Waals surface area contributed by atoms with Crippen LogP contribution >= 0.6 is 15.9 Å². The van der Waals surface area contributed by atoms with Gasteiger partial charge in [0.1, 0.15) is 5.82 Å². The number of anilines is 1. The number of benzene rings is 1. The normalized spacial score (nSPS) is 11.7. The minimum atomic E-state index is -3.79. The number of sulfonamides is 1. The molecule has 0 aliphatic carbocycles. The highest BCUT2D eigenvalue weighted by atomic mass is 79.9. The van der Waals surface area contributed by atoms with Gasteiger partial charge in [0, 0.05) is 16.6 Å². The van der Waals surface area contributed by atoms with Crippen LogP contribution in [0.3, 0.4) is 0 Å². The van der Waals surface area contributed by atoms with Crippen LogP contribution in [0.25, 0.3) is 0 Å². The van der Waals surface area contributed by atoms with E-state index in [-0.39, 0.29) is 21.6 Å². The minimum Gasteiger partial charge on any atom is -0.472 e. The van der Waals surface area contributed by atoms with Gasteiger partial charge in [0.15, 0.2) is 0 Å². The molecule has 0 aliphatic heterocycles. The topological polar surface area (TPSA) is 85.3 Å². The third-order valence-electron chi connectivity index (χ3n) is 2.39. The summed E-state index contributed by atoms with van der Waals surface area (Å²) in [6, 6.07) is 3.72. The number of hydrogen-bond acceptors (Lipinski definition) is 4. The van der Waals surface area contributed by atoms with Gasteiger partial charge in [-0.3, -0.25) is 0 Å². The molecule has 0 fully saturated rings. The molecule has 0 bridgehead atoms. The number of furan rings is 1. The summed E-state index contributed by atoms with van der Waals surface area (Å²) in [5.74, 6) is -0.680. The molecule has 19 heavy (non-hydrogen) atoms. The van der Waals surface area contributed by atoms with Crippen LogP contribution in [0.1, 0.15) is 5.56 Å². The van der Waals surface area contributed by atoms with E-state index in [1.165, 1.54) is 12.5 Å². The summed E-state index contributed by atoms with van der Waals surface area (Å²) in [4.78, 5) is -0.116. The largest absolute Gasteiger partial charge is 0.472 e. The van der Waals surface area contributed by atoms with Crippen molar-refractivity contribution in [2.75, 3.05) is 5.73 Å². The first-order valence-electron chi connectivity index (χ1n) is 5.15. The fraction of sp³-hybridized carbons (Fsp3) is 0.0909. The Hall–Kier alpha value is -1.38. The number of nitrogen functional groups attached to an aromatic ring is 1. The highest BCUT2D eigenvalue weighted by Gasteiger charge is 2.19. The van der Waals surface area contributed by atoms with Crippen LogP contribution in [0.2, 0.25) is 0 Å². The van der Waals surface area contributed by atoms with Crippen LogP contribution in [0.4, 0.5) is 10.1 Å². The van der Waals surface area contributed by atoms with Gasteiger partial charge in [-0.05, 0) is 34.1 Å². The first-order chi connectivity index (χ1) is 8.90. The van der Waals surface area contributed by atoms with Gasteiger partial charge in [0.2, 0.25) is 10.0 Å². The van der Waals surface area contributed by atoms with Gasteiger partial charge in [-0.15, -0.1) is 0 Å². The quantitative estimate of drug-likeness (QED) is 0.829. The van der Waals surface area contributed by atoms with E-state index in [1.807, 2.05) is 0 Å². The smallest absolute Gasteiger partial charge is 0.242 e. The zero-order valence-electron chi connectivity index (χ0n) is 9.56. The van der Waals surface area contributed by atoms with E-state index in [4.69, 9.17) is 10.2 Å². The average molecular weight is 349 g/mol. The lowest BCUT2D eigenvalue weighted by atomic mass is 10.3. The fourth-order valence-corrected chi connectivity index (χ4v) is 3.46. The summed E-state index contributed by atoms with van der Waals surface area (Å²) in [6.45, 7) is 0.0720. The molecule has 0 atom stereocenters. The molecule has 0 amide bonds. The van der Waals surface area contributed by atoms with Crippen molar-refractivity contribution in [1.82, 2.24) is 4.72 Å². The number of rotatable bonds is 4. The van der Waals surface area contributed by atoms with Crippen molar-refractivity contribution < 1.29 is 17.2 Å². The standard InChI is InChI=1S/C11H10BrFN2O3S/c12-8-3-9(13)10(14)4-11(8)19(16,17)15-5-7-1-2-18-6-7/h1-4,6,15H,5,14H2. The molecule has 0 aliphatic rings. The second-order valence-electron chi connectivity index (χ2n) is 3.76. The van der Waals surface area contributed by atoms with Crippen molar-refractivity contribution >= 4 is 31.6 Å². The lowest BCUT2D eigenvalue weighted by Gasteiger charge is -2.09. The van der Waals surface area contributed by atoms with E-state index in [0.29, 0.717) is 5.56 Å². The molecule has 0 saturated heterocycles. The Balaban J connectivity index is 2.27. The van der Waals surface area contributed by atoms with Crippen LogP contribution in [0, 0.1) is 5.82 Å². The van der Waals surface area contributed by atoms with E-state index >= 15 is 0 Å². The third kappa shape index (κ3) is 3.14. The van der Waals surface area contributed by atoms with Gasteiger partial charge in [-0.2, -0.15) is 0 Å². The van der Waals surface area contributed by atoms with E-state index in [1.54, 1.807) is 6.07 Å². The third-order valence-corrected chi connectivity index (χ3v) is 4.75. The fourth-order valence-electron chi connectivity index (χ4n) is 1.40. The molecule has 0 unspecified atom stereocenters. The number of nitrogens with two attached hydrogens (primary N) is 1. The molecule has 1 aromatic carbocycles. The van der Waals surface area contributed by atoms with Gasteiger partial charge in [-0.1, -0.05) is 0 Å². The van der Waals surface area contributed by atoms with E-state index in [0.717, 1.165) is 12.1 Å². The van der Waals surface area contributed by atoms with Gasteiger partial charge < -0.3 is 10.2 Å². The van der Waals surface area contributed by atoms with Crippen molar-refractivity contribution in [2.24, 2.45) is 0 Å². The summed E-state index contributed by atoms with van der Waals surface area (Å²) >= 11 is 3.00. The Kier molecular flexibility index (Phi) is 3.93. The highest BCUT2D eigenvalue weighted by Crippen LogP contribution is 2.26. The maximum Gasteiger partial charge on any atom is 0.242 e. The Morgan fingerprint density at radius 1 is 1.42 bits per heavy atom. The van der Waals surface area contributed by atoms with Crippen LogP contribution in [-0.4, -0.2) is 8.42 Å². The number of halogens is 2. The minimum absolute atomic E-state index is 0.0720. The molecule has 1 aromatic heterocycles. The summed E-state index contributed by atoms with van der Waals surface area (Å²) in [7, 11) is -3.79. The summed E-state index contributed by atoms with van der Waals surface area (Å²) in [5.41, 5.74) is 5.82. The van der Waals surface area contributed by atoms with Crippen LogP contribution < -0.4 is 10.5 Å². The molecular formula is C11H10BrFN2O3S. The first kappa shape index (κ1) is 14.0. The van der Waals surface area contributed by atoms with Crippen LogP contribution in [0.5, 0.6) is 0 Å². The molecule has 3 N–H and O–H groups in total. The molecule has 0 spiro atoms. The molecule has 0 saturated carbocycles. The second kappa shape index (κ2) is 5.32. The maximum atomic E-state index is 13.2. The zero-order valence-corrected chi connectivity index (χ0v) is 12.0. The van der Waals surface area contributed by atoms with Crippen LogP contribution in [0.15, 0.2) is 44.5 Å². The molecule has 1 heterocycles.